The predicted octanol–water partition coefficient (Wildman–Crippen LogP) is 3.90. The Morgan fingerprint density at radius 1 is 1.10 bits per heavy atom. The molecule has 0 amide bonds. The fraction of sp³-hybridized carbons (Fsp3) is 0.278. The zero-order valence-corrected chi connectivity index (χ0v) is 17.0. The Kier molecular flexibility index (Phi) is 4.60. The van der Waals surface area contributed by atoms with Gasteiger partial charge in [-0.25, -0.2) is 9.97 Å². The molecular formula is C18H17F3N8S. The Morgan fingerprint density at radius 2 is 1.87 bits per heavy atom. The first-order chi connectivity index (χ1) is 14.0. The Balaban J connectivity index is 1.67. The van der Waals surface area contributed by atoms with E-state index in [4.69, 9.17) is 5.73 Å². The van der Waals surface area contributed by atoms with Gasteiger partial charge < -0.3 is 15.5 Å². The van der Waals surface area contributed by atoms with Gasteiger partial charge in [-0.05, 0) is 32.9 Å². The first-order valence-corrected chi connectivity index (χ1v) is 9.68. The van der Waals surface area contributed by atoms with Crippen molar-refractivity contribution >= 4 is 28.8 Å². The Labute approximate surface area is 173 Å². The molecule has 0 bridgehead atoms. The molecule has 4 rings (SSSR count). The number of aryl methyl sites for hydroxylation is 1. The molecule has 0 aliphatic carbocycles. The third-order valence-electron chi connectivity index (χ3n) is 4.38. The maximum Gasteiger partial charge on any atom is 0.434 e. The van der Waals surface area contributed by atoms with Crippen LogP contribution < -0.4 is 11.1 Å². The van der Waals surface area contributed by atoms with Gasteiger partial charge in [0.25, 0.3) is 0 Å². The quantitative estimate of drug-likeness (QED) is 0.502. The summed E-state index contributed by atoms with van der Waals surface area (Å²) in [5.74, 6) is 1.24. The van der Waals surface area contributed by atoms with Crippen LogP contribution in [-0.2, 0) is 11.7 Å². The summed E-state index contributed by atoms with van der Waals surface area (Å²) >= 11 is 0.905. The molecule has 3 N–H and O–H groups in total. The summed E-state index contributed by atoms with van der Waals surface area (Å²) in [6.07, 6.45) is -0.920. The van der Waals surface area contributed by atoms with E-state index in [1.807, 2.05) is 29.7 Å². The van der Waals surface area contributed by atoms with Gasteiger partial charge in [0.2, 0.25) is 11.9 Å². The van der Waals surface area contributed by atoms with E-state index in [9.17, 15) is 13.2 Å². The highest BCUT2D eigenvalue weighted by atomic mass is 32.1. The number of halogens is 3. The van der Waals surface area contributed by atoms with Crippen molar-refractivity contribution in [2.75, 3.05) is 11.1 Å². The molecule has 4 aromatic rings. The lowest BCUT2D eigenvalue weighted by molar-refractivity contribution is -0.140. The third kappa shape index (κ3) is 3.77. The highest BCUT2D eigenvalue weighted by Gasteiger charge is 2.36. The summed E-state index contributed by atoms with van der Waals surface area (Å²) in [5, 5.41) is 4.24. The van der Waals surface area contributed by atoms with E-state index in [1.54, 1.807) is 20.0 Å². The molecule has 0 saturated heterocycles. The molecule has 0 unspecified atom stereocenters. The number of aromatic nitrogens is 6. The van der Waals surface area contributed by atoms with E-state index in [1.165, 1.54) is 0 Å². The molecule has 0 aliphatic rings. The SMILES string of the molecule is Cc1ncc2ccc(-c3nc(N)nc(NC(C)(C)c4nc(C(F)(F)F)cs4)n3)cn12. The number of hydrogen-bond acceptors (Lipinski definition) is 8. The van der Waals surface area contributed by atoms with Crippen molar-refractivity contribution in [3.8, 4) is 11.4 Å². The molecule has 8 nitrogen and oxygen atoms in total. The Morgan fingerprint density at radius 3 is 2.57 bits per heavy atom. The van der Waals surface area contributed by atoms with E-state index in [0.29, 0.717) is 11.4 Å². The van der Waals surface area contributed by atoms with Gasteiger partial charge in [0, 0.05) is 17.1 Å². The lowest BCUT2D eigenvalue weighted by Crippen LogP contribution is -2.29. The molecule has 0 aliphatic heterocycles. The number of thiazole rings is 1. The number of pyridine rings is 1. The molecular weight excluding hydrogens is 417 g/mol. The zero-order chi connectivity index (χ0) is 21.7. The predicted molar refractivity (Wildman–Crippen MR) is 107 cm³/mol. The topological polar surface area (TPSA) is 107 Å². The molecule has 0 aromatic carbocycles. The summed E-state index contributed by atoms with van der Waals surface area (Å²) in [6, 6.07) is 3.71. The van der Waals surface area contributed by atoms with Crippen molar-refractivity contribution in [3.63, 3.8) is 0 Å². The summed E-state index contributed by atoms with van der Waals surface area (Å²) in [7, 11) is 0. The molecule has 156 valence electrons. The molecule has 0 fully saturated rings. The monoisotopic (exact) mass is 434 g/mol. The minimum absolute atomic E-state index is 0.0177. The van der Waals surface area contributed by atoms with Crippen molar-refractivity contribution in [1.82, 2.24) is 29.3 Å². The minimum Gasteiger partial charge on any atom is -0.368 e. The molecule has 0 saturated carbocycles. The number of fused-ring (bicyclic) bond motifs is 1. The van der Waals surface area contributed by atoms with Crippen LogP contribution in [0.1, 0.15) is 30.4 Å². The van der Waals surface area contributed by atoms with Crippen LogP contribution in [0.25, 0.3) is 16.9 Å². The largest absolute Gasteiger partial charge is 0.434 e. The zero-order valence-electron chi connectivity index (χ0n) is 16.2. The highest BCUT2D eigenvalue weighted by Crippen LogP contribution is 2.34. The maximum absolute atomic E-state index is 12.9. The number of nitrogens with zero attached hydrogens (tertiary/aromatic N) is 6. The molecule has 4 heterocycles. The van der Waals surface area contributed by atoms with E-state index < -0.39 is 17.4 Å². The molecule has 0 spiro atoms. The summed E-state index contributed by atoms with van der Waals surface area (Å²) in [5.41, 5.74) is 5.56. The van der Waals surface area contributed by atoms with Crippen LogP contribution in [0, 0.1) is 6.92 Å². The minimum atomic E-state index is -4.50. The first-order valence-electron chi connectivity index (χ1n) is 8.80. The van der Waals surface area contributed by atoms with E-state index in [-0.39, 0.29) is 16.9 Å². The van der Waals surface area contributed by atoms with Crippen molar-refractivity contribution < 1.29 is 13.2 Å². The number of imidazole rings is 1. The van der Waals surface area contributed by atoms with Gasteiger partial charge >= 0.3 is 6.18 Å². The standard InChI is InChI=1S/C18H17F3N8S/c1-9-23-6-11-5-4-10(7-29(9)11)13-25-15(22)27-16(26-13)28-17(2,3)14-24-12(8-30-14)18(19,20)21/h4-8H,1-3H3,(H3,22,25,26,27,28). The lowest BCUT2D eigenvalue weighted by atomic mass is 10.1. The second-order valence-electron chi connectivity index (χ2n) is 7.14. The van der Waals surface area contributed by atoms with Crippen LogP contribution >= 0.6 is 11.3 Å². The molecule has 4 aromatic heterocycles. The third-order valence-corrected chi connectivity index (χ3v) is 5.54. The molecule has 12 heteroatoms. The van der Waals surface area contributed by atoms with Crippen molar-refractivity contribution in [3.05, 3.63) is 46.4 Å². The lowest BCUT2D eigenvalue weighted by Gasteiger charge is -2.24. The number of alkyl halides is 3. The van der Waals surface area contributed by atoms with E-state index in [2.05, 4.69) is 30.2 Å². The first kappa shape index (κ1) is 20.0. The normalized spacial score (nSPS) is 12.5. The van der Waals surface area contributed by atoms with Crippen LogP contribution in [0.15, 0.2) is 29.9 Å². The number of nitrogens with two attached hydrogens (primary N) is 1. The Hall–Kier alpha value is -3.28. The smallest absolute Gasteiger partial charge is 0.368 e. The van der Waals surface area contributed by atoms with E-state index in [0.717, 1.165) is 28.1 Å². The average Bonchev–Trinajstić information content (AvgIpc) is 3.28. The van der Waals surface area contributed by atoms with Gasteiger partial charge in [-0.1, -0.05) is 0 Å². The van der Waals surface area contributed by atoms with Gasteiger partial charge in [-0.2, -0.15) is 28.1 Å². The number of nitrogen functional groups attached to an aromatic ring is 1. The second-order valence-corrected chi connectivity index (χ2v) is 8.00. The highest BCUT2D eigenvalue weighted by molar-refractivity contribution is 7.09. The van der Waals surface area contributed by atoms with Crippen LogP contribution in [0.3, 0.4) is 0 Å². The molecule has 0 radical (unpaired) electrons. The number of rotatable bonds is 4. The fourth-order valence-corrected chi connectivity index (χ4v) is 3.76. The van der Waals surface area contributed by atoms with Gasteiger partial charge in [0.1, 0.15) is 10.8 Å². The summed E-state index contributed by atoms with van der Waals surface area (Å²) < 4.78 is 40.6. The summed E-state index contributed by atoms with van der Waals surface area (Å²) in [6.45, 7) is 5.25. The van der Waals surface area contributed by atoms with Gasteiger partial charge in [-0.15, -0.1) is 11.3 Å². The second kappa shape index (κ2) is 6.90. The fourth-order valence-electron chi connectivity index (χ4n) is 2.85. The van der Waals surface area contributed by atoms with Gasteiger partial charge in [-0.3, -0.25) is 0 Å². The number of anilines is 2. The number of nitrogens with one attached hydrogen (secondary N) is 1. The van der Waals surface area contributed by atoms with Crippen molar-refractivity contribution in [2.45, 2.75) is 32.5 Å². The van der Waals surface area contributed by atoms with Gasteiger partial charge in [0.15, 0.2) is 11.5 Å². The van der Waals surface area contributed by atoms with Gasteiger partial charge in [0.05, 0.1) is 17.3 Å². The van der Waals surface area contributed by atoms with Crippen molar-refractivity contribution in [2.24, 2.45) is 0 Å². The molecule has 30 heavy (non-hydrogen) atoms. The number of hydrogen-bond donors (Lipinski definition) is 2. The van der Waals surface area contributed by atoms with E-state index >= 15 is 0 Å². The Bertz CT molecular complexity index is 1230. The van der Waals surface area contributed by atoms with Crippen LogP contribution in [0.5, 0.6) is 0 Å². The van der Waals surface area contributed by atoms with Crippen LogP contribution in [0.2, 0.25) is 0 Å². The van der Waals surface area contributed by atoms with Crippen molar-refractivity contribution in [1.29, 1.82) is 0 Å². The average molecular weight is 434 g/mol. The molecule has 0 atom stereocenters. The maximum atomic E-state index is 12.9. The van der Waals surface area contributed by atoms with Crippen LogP contribution in [-0.4, -0.2) is 29.3 Å². The summed E-state index contributed by atoms with van der Waals surface area (Å²) in [4.78, 5) is 20.6. The van der Waals surface area contributed by atoms with Crippen LogP contribution in [0.4, 0.5) is 25.1 Å².